The first-order valence-corrected chi connectivity index (χ1v) is 7.19. The zero-order valence-electron chi connectivity index (χ0n) is 11.4. The van der Waals surface area contributed by atoms with Gasteiger partial charge in [0.1, 0.15) is 12.4 Å². The Bertz CT molecular complexity index is 498. The van der Waals surface area contributed by atoms with Crippen molar-refractivity contribution < 1.29 is 14.6 Å². The molecule has 0 bridgehead atoms. The lowest BCUT2D eigenvalue weighted by Crippen LogP contribution is -2.33. The molecule has 3 N–H and O–H groups in total. The summed E-state index contributed by atoms with van der Waals surface area (Å²) in [5.41, 5.74) is 1.31. The molecule has 1 amide bonds. The molecular weight excluding hydrogens is 256 g/mol. The molecule has 3 rings (SSSR count). The van der Waals surface area contributed by atoms with Gasteiger partial charge in [-0.2, -0.15) is 0 Å². The van der Waals surface area contributed by atoms with E-state index in [1.807, 2.05) is 6.07 Å². The summed E-state index contributed by atoms with van der Waals surface area (Å²) in [6.45, 7) is 2.83. The van der Waals surface area contributed by atoms with Crippen LogP contribution in [0, 0.1) is 5.92 Å². The SMILES string of the molecule is O=C1NCCOc2ccc(C(O)C3CCCNC3)cc21. The number of nitrogens with one attached hydrogen (secondary N) is 2. The topological polar surface area (TPSA) is 70.6 Å². The lowest BCUT2D eigenvalue weighted by Gasteiger charge is -2.27. The van der Waals surface area contributed by atoms with Gasteiger partial charge in [0.15, 0.2) is 0 Å². The van der Waals surface area contributed by atoms with E-state index in [-0.39, 0.29) is 11.8 Å². The highest BCUT2D eigenvalue weighted by Crippen LogP contribution is 2.30. The Hall–Kier alpha value is -1.59. The smallest absolute Gasteiger partial charge is 0.255 e. The van der Waals surface area contributed by atoms with E-state index >= 15 is 0 Å². The van der Waals surface area contributed by atoms with Crippen molar-refractivity contribution in [1.82, 2.24) is 10.6 Å². The van der Waals surface area contributed by atoms with E-state index in [1.165, 1.54) is 0 Å². The minimum atomic E-state index is -0.538. The maximum Gasteiger partial charge on any atom is 0.255 e. The number of hydrogen-bond acceptors (Lipinski definition) is 4. The normalized spacial score (nSPS) is 24.1. The average molecular weight is 276 g/mol. The molecule has 0 aromatic heterocycles. The Morgan fingerprint density at radius 3 is 3.05 bits per heavy atom. The largest absolute Gasteiger partial charge is 0.491 e. The third-order valence-electron chi connectivity index (χ3n) is 4.02. The molecule has 2 atom stereocenters. The van der Waals surface area contributed by atoms with Gasteiger partial charge in [-0.25, -0.2) is 0 Å². The minimum Gasteiger partial charge on any atom is -0.491 e. The van der Waals surface area contributed by atoms with Crippen molar-refractivity contribution in [2.45, 2.75) is 18.9 Å². The van der Waals surface area contributed by atoms with Gasteiger partial charge in [-0.15, -0.1) is 0 Å². The fourth-order valence-corrected chi connectivity index (χ4v) is 2.88. The number of aliphatic hydroxyl groups is 1. The maximum absolute atomic E-state index is 12.0. The summed E-state index contributed by atoms with van der Waals surface area (Å²) in [5, 5.41) is 16.6. The quantitative estimate of drug-likeness (QED) is 0.748. The predicted molar refractivity (Wildman–Crippen MR) is 74.8 cm³/mol. The Morgan fingerprint density at radius 2 is 2.25 bits per heavy atom. The van der Waals surface area contributed by atoms with E-state index in [0.29, 0.717) is 24.5 Å². The van der Waals surface area contributed by atoms with Crippen molar-refractivity contribution >= 4 is 5.91 Å². The summed E-state index contributed by atoms with van der Waals surface area (Å²) < 4.78 is 5.52. The van der Waals surface area contributed by atoms with Crippen LogP contribution in [0.1, 0.15) is 34.9 Å². The van der Waals surface area contributed by atoms with Crippen LogP contribution in [0.25, 0.3) is 0 Å². The zero-order valence-corrected chi connectivity index (χ0v) is 11.4. The van der Waals surface area contributed by atoms with Gasteiger partial charge in [-0.05, 0) is 37.1 Å². The molecule has 0 aliphatic carbocycles. The highest BCUT2D eigenvalue weighted by Gasteiger charge is 2.25. The second kappa shape index (κ2) is 5.81. The standard InChI is InChI=1S/C15H20N2O3/c18-14(11-2-1-5-16-9-11)10-3-4-13-12(8-10)15(19)17-6-7-20-13/h3-4,8,11,14,16,18H,1-2,5-7,9H2,(H,17,19). The maximum atomic E-state index is 12.0. The van der Waals surface area contributed by atoms with E-state index in [0.717, 1.165) is 31.5 Å². The van der Waals surface area contributed by atoms with Crippen LogP contribution in [0.15, 0.2) is 18.2 Å². The minimum absolute atomic E-state index is 0.131. The second-order valence-corrected chi connectivity index (χ2v) is 5.41. The van der Waals surface area contributed by atoms with Crippen molar-refractivity contribution in [3.05, 3.63) is 29.3 Å². The zero-order chi connectivity index (χ0) is 13.9. The van der Waals surface area contributed by atoms with Gasteiger partial charge in [-0.1, -0.05) is 6.07 Å². The third-order valence-corrected chi connectivity index (χ3v) is 4.02. The Morgan fingerprint density at radius 1 is 1.35 bits per heavy atom. The molecule has 0 spiro atoms. The number of aliphatic hydroxyl groups excluding tert-OH is 1. The number of rotatable bonds is 2. The molecule has 1 fully saturated rings. The summed E-state index contributed by atoms with van der Waals surface area (Å²) in [6, 6.07) is 5.40. The van der Waals surface area contributed by atoms with Gasteiger partial charge in [0.05, 0.1) is 18.2 Å². The lowest BCUT2D eigenvalue weighted by molar-refractivity contribution is 0.0915. The molecule has 0 saturated carbocycles. The summed E-state index contributed by atoms with van der Waals surface area (Å²) in [4.78, 5) is 12.0. The molecule has 1 aromatic carbocycles. The van der Waals surface area contributed by atoms with Crippen molar-refractivity contribution in [3.8, 4) is 5.75 Å². The van der Waals surface area contributed by atoms with E-state index < -0.39 is 6.10 Å². The fraction of sp³-hybridized carbons (Fsp3) is 0.533. The monoisotopic (exact) mass is 276 g/mol. The first kappa shape index (κ1) is 13.4. The first-order valence-electron chi connectivity index (χ1n) is 7.19. The molecule has 2 heterocycles. The van der Waals surface area contributed by atoms with Crippen LogP contribution in [0.5, 0.6) is 5.75 Å². The van der Waals surface area contributed by atoms with Crippen molar-refractivity contribution in [1.29, 1.82) is 0 Å². The number of carbonyl (C=O) groups is 1. The molecule has 20 heavy (non-hydrogen) atoms. The molecule has 1 aromatic rings. The third kappa shape index (κ3) is 2.64. The predicted octanol–water partition coefficient (Wildman–Crippen LogP) is 0.842. The molecule has 0 radical (unpaired) electrons. The highest BCUT2D eigenvalue weighted by atomic mass is 16.5. The van der Waals surface area contributed by atoms with Crippen LogP contribution in [0.3, 0.4) is 0 Å². The second-order valence-electron chi connectivity index (χ2n) is 5.41. The number of carbonyl (C=O) groups excluding carboxylic acids is 1. The van der Waals surface area contributed by atoms with Crippen molar-refractivity contribution in [2.24, 2.45) is 5.92 Å². The summed E-state index contributed by atoms with van der Waals surface area (Å²) in [7, 11) is 0. The molecule has 2 unspecified atom stereocenters. The van der Waals surface area contributed by atoms with Gasteiger partial charge >= 0.3 is 0 Å². The molecule has 1 saturated heterocycles. The van der Waals surface area contributed by atoms with E-state index in [4.69, 9.17) is 4.74 Å². The summed E-state index contributed by atoms with van der Waals surface area (Å²) in [5.74, 6) is 0.669. The van der Waals surface area contributed by atoms with Gasteiger partial charge in [0.25, 0.3) is 5.91 Å². The highest BCUT2D eigenvalue weighted by molar-refractivity contribution is 5.97. The first-order chi connectivity index (χ1) is 9.75. The van der Waals surface area contributed by atoms with E-state index in [1.54, 1.807) is 12.1 Å². The van der Waals surface area contributed by atoms with Gasteiger partial charge in [0.2, 0.25) is 0 Å². The Balaban J connectivity index is 1.85. The number of amides is 1. The molecule has 108 valence electrons. The number of benzene rings is 1. The van der Waals surface area contributed by atoms with Gasteiger partial charge < -0.3 is 20.5 Å². The Labute approximate surface area is 118 Å². The van der Waals surface area contributed by atoms with Crippen LogP contribution in [0.2, 0.25) is 0 Å². The van der Waals surface area contributed by atoms with E-state index in [2.05, 4.69) is 10.6 Å². The average Bonchev–Trinajstić information content (AvgIpc) is 2.69. The van der Waals surface area contributed by atoms with Crippen LogP contribution < -0.4 is 15.4 Å². The van der Waals surface area contributed by atoms with Crippen LogP contribution in [-0.2, 0) is 0 Å². The molecular formula is C15H20N2O3. The van der Waals surface area contributed by atoms with E-state index in [9.17, 15) is 9.90 Å². The summed E-state index contributed by atoms with van der Waals surface area (Å²) in [6.07, 6.45) is 1.55. The van der Waals surface area contributed by atoms with Crippen molar-refractivity contribution in [3.63, 3.8) is 0 Å². The van der Waals surface area contributed by atoms with Crippen LogP contribution >= 0.6 is 0 Å². The number of ether oxygens (including phenoxy) is 1. The summed E-state index contributed by atoms with van der Waals surface area (Å²) >= 11 is 0. The van der Waals surface area contributed by atoms with Crippen LogP contribution in [0.4, 0.5) is 0 Å². The molecule has 5 nitrogen and oxygen atoms in total. The number of hydrogen-bond donors (Lipinski definition) is 3. The molecule has 5 heteroatoms. The lowest BCUT2D eigenvalue weighted by atomic mass is 9.89. The van der Waals surface area contributed by atoms with Gasteiger partial charge in [-0.3, -0.25) is 4.79 Å². The van der Waals surface area contributed by atoms with Crippen molar-refractivity contribution in [2.75, 3.05) is 26.2 Å². The van der Waals surface area contributed by atoms with Crippen LogP contribution in [-0.4, -0.2) is 37.3 Å². The molecule has 2 aliphatic rings. The Kier molecular flexibility index (Phi) is 3.89. The number of piperidine rings is 1. The molecule has 2 aliphatic heterocycles. The fourth-order valence-electron chi connectivity index (χ4n) is 2.88. The number of fused-ring (bicyclic) bond motifs is 1. The van der Waals surface area contributed by atoms with Gasteiger partial charge in [0, 0.05) is 12.5 Å².